The second-order valence-electron chi connectivity index (χ2n) is 4.36. The molecule has 2 heterocycles. The van der Waals surface area contributed by atoms with Gasteiger partial charge in [-0.2, -0.15) is 0 Å². The van der Waals surface area contributed by atoms with Gasteiger partial charge in [0.2, 0.25) is 5.91 Å². The number of rotatable bonds is 4. The molecular formula is C11H18N4O. The molecule has 0 saturated carbocycles. The van der Waals surface area contributed by atoms with Gasteiger partial charge < -0.3 is 15.2 Å². The van der Waals surface area contributed by atoms with E-state index in [4.69, 9.17) is 0 Å². The van der Waals surface area contributed by atoms with Gasteiger partial charge in [-0.1, -0.05) is 6.92 Å². The number of aryl methyl sites for hydroxylation is 1. The number of nitrogens with one attached hydrogen (secondary N) is 2. The molecule has 0 radical (unpaired) electrons. The van der Waals surface area contributed by atoms with Crippen molar-refractivity contribution < 1.29 is 4.79 Å². The molecule has 2 unspecified atom stereocenters. The first-order valence-corrected chi connectivity index (χ1v) is 5.71. The van der Waals surface area contributed by atoms with E-state index in [9.17, 15) is 4.79 Å². The summed E-state index contributed by atoms with van der Waals surface area (Å²) >= 11 is 0. The second kappa shape index (κ2) is 5.12. The van der Waals surface area contributed by atoms with Crippen LogP contribution in [-0.2, 0) is 11.3 Å². The van der Waals surface area contributed by atoms with Gasteiger partial charge in [-0.3, -0.25) is 4.79 Å². The highest BCUT2D eigenvalue weighted by Gasteiger charge is 2.23. The molecule has 2 rings (SSSR count). The summed E-state index contributed by atoms with van der Waals surface area (Å²) in [7, 11) is 0. The summed E-state index contributed by atoms with van der Waals surface area (Å²) in [4.78, 5) is 15.6. The molecule has 0 aliphatic carbocycles. The predicted octanol–water partition coefficient (Wildman–Crippen LogP) is -0.00270. The minimum Gasteiger partial charge on any atom is -0.352 e. The SMILES string of the molecule is CC1CNCC1NC(=O)CCn1ccnc1. The molecule has 1 amide bonds. The summed E-state index contributed by atoms with van der Waals surface area (Å²) < 4.78 is 1.91. The Balaban J connectivity index is 1.72. The van der Waals surface area contributed by atoms with Crippen LogP contribution in [0.5, 0.6) is 0 Å². The first kappa shape index (κ1) is 11.1. The average Bonchev–Trinajstić information content (AvgIpc) is 2.88. The van der Waals surface area contributed by atoms with Crippen molar-refractivity contribution in [2.45, 2.75) is 25.9 Å². The largest absolute Gasteiger partial charge is 0.352 e. The minimum atomic E-state index is 0.120. The molecule has 16 heavy (non-hydrogen) atoms. The van der Waals surface area contributed by atoms with Crippen molar-refractivity contribution >= 4 is 5.91 Å². The van der Waals surface area contributed by atoms with Crippen LogP contribution < -0.4 is 10.6 Å². The standard InChI is InChI=1S/C11H18N4O/c1-9-6-13-7-10(9)14-11(16)2-4-15-5-3-12-8-15/h3,5,8-10,13H,2,4,6-7H2,1H3,(H,14,16). The van der Waals surface area contributed by atoms with E-state index in [2.05, 4.69) is 22.5 Å². The van der Waals surface area contributed by atoms with Crippen molar-refractivity contribution in [1.29, 1.82) is 0 Å². The molecule has 0 aromatic carbocycles. The second-order valence-corrected chi connectivity index (χ2v) is 4.36. The fraction of sp³-hybridized carbons (Fsp3) is 0.636. The third kappa shape index (κ3) is 2.82. The van der Waals surface area contributed by atoms with Crippen LogP contribution in [0.25, 0.3) is 0 Å². The third-order valence-corrected chi connectivity index (χ3v) is 3.02. The minimum absolute atomic E-state index is 0.120. The Morgan fingerprint density at radius 3 is 3.12 bits per heavy atom. The summed E-state index contributed by atoms with van der Waals surface area (Å²) in [5.74, 6) is 0.645. The van der Waals surface area contributed by atoms with Crippen molar-refractivity contribution in [2.24, 2.45) is 5.92 Å². The zero-order chi connectivity index (χ0) is 11.4. The molecule has 1 saturated heterocycles. The normalized spacial score (nSPS) is 24.6. The van der Waals surface area contributed by atoms with Crippen molar-refractivity contribution in [2.75, 3.05) is 13.1 Å². The number of carbonyl (C=O) groups excluding carboxylic acids is 1. The Morgan fingerprint density at radius 2 is 2.50 bits per heavy atom. The first-order valence-electron chi connectivity index (χ1n) is 5.71. The molecule has 1 aromatic rings. The van der Waals surface area contributed by atoms with Gasteiger partial charge in [0, 0.05) is 37.9 Å². The van der Waals surface area contributed by atoms with Crippen molar-refractivity contribution in [1.82, 2.24) is 20.2 Å². The highest BCUT2D eigenvalue weighted by Crippen LogP contribution is 2.07. The molecule has 0 bridgehead atoms. The smallest absolute Gasteiger partial charge is 0.222 e. The van der Waals surface area contributed by atoms with E-state index in [1.165, 1.54) is 0 Å². The monoisotopic (exact) mass is 222 g/mol. The van der Waals surface area contributed by atoms with E-state index in [-0.39, 0.29) is 11.9 Å². The lowest BCUT2D eigenvalue weighted by molar-refractivity contribution is -0.122. The molecule has 2 atom stereocenters. The molecule has 2 N–H and O–H groups in total. The van der Waals surface area contributed by atoms with Crippen LogP contribution in [0.1, 0.15) is 13.3 Å². The van der Waals surface area contributed by atoms with Gasteiger partial charge >= 0.3 is 0 Å². The Hall–Kier alpha value is -1.36. The van der Waals surface area contributed by atoms with Crippen molar-refractivity contribution in [3.63, 3.8) is 0 Å². The number of hydrogen-bond donors (Lipinski definition) is 2. The number of aromatic nitrogens is 2. The number of hydrogen-bond acceptors (Lipinski definition) is 3. The Labute approximate surface area is 95.2 Å². The maximum absolute atomic E-state index is 11.7. The maximum Gasteiger partial charge on any atom is 0.222 e. The van der Waals surface area contributed by atoms with E-state index >= 15 is 0 Å². The highest BCUT2D eigenvalue weighted by molar-refractivity contribution is 5.76. The van der Waals surface area contributed by atoms with Crippen LogP contribution in [0.4, 0.5) is 0 Å². The van der Waals surface area contributed by atoms with Crippen LogP contribution in [0.2, 0.25) is 0 Å². The first-order chi connectivity index (χ1) is 7.75. The van der Waals surface area contributed by atoms with Gasteiger partial charge in [0.15, 0.2) is 0 Å². The highest BCUT2D eigenvalue weighted by atomic mass is 16.1. The van der Waals surface area contributed by atoms with E-state index < -0.39 is 0 Å². The Kier molecular flexibility index (Phi) is 3.56. The Bertz CT molecular complexity index is 336. The van der Waals surface area contributed by atoms with E-state index in [0.717, 1.165) is 13.1 Å². The number of nitrogens with zero attached hydrogens (tertiary/aromatic N) is 2. The van der Waals surface area contributed by atoms with E-state index in [0.29, 0.717) is 18.9 Å². The molecule has 1 aliphatic rings. The molecule has 1 fully saturated rings. The number of amides is 1. The van der Waals surface area contributed by atoms with E-state index in [1.54, 1.807) is 12.5 Å². The van der Waals surface area contributed by atoms with Gasteiger partial charge in [-0.05, 0) is 12.5 Å². The average molecular weight is 222 g/mol. The van der Waals surface area contributed by atoms with Gasteiger partial charge in [-0.25, -0.2) is 4.98 Å². The molecule has 1 aliphatic heterocycles. The van der Waals surface area contributed by atoms with Crippen molar-refractivity contribution in [3.8, 4) is 0 Å². The van der Waals surface area contributed by atoms with Crippen LogP contribution >= 0.6 is 0 Å². The number of imidazole rings is 1. The van der Waals surface area contributed by atoms with Crippen LogP contribution in [0, 0.1) is 5.92 Å². The molecule has 88 valence electrons. The Morgan fingerprint density at radius 1 is 1.62 bits per heavy atom. The summed E-state index contributed by atoms with van der Waals surface area (Å²) in [5, 5.41) is 6.32. The zero-order valence-corrected chi connectivity index (χ0v) is 9.52. The van der Waals surface area contributed by atoms with Crippen LogP contribution in [0.3, 0.4) is 0 Å². The zero-order valence-electron chi connectivity index (χ0n) is 9.52. The van der Waals surface area contributed by atoms with Crippen LogP contribution in [0.15, 0.2) is 18.7 Å². The van der Waals surface area contributed by atoms with Gasteiger partial charge in [-0.15, -0.1) is 0 Å². The molecular weight excluding hydrogens is 204 g/mol. The topological polar surface area (TPSA) is 58.9 Å². The van der Waals surface area contributed by atoms with E-state index in [1.807, 2.05) is 10.8 Å². The quantitative estimate of drug-likeness (QED) is 0.753. The number of carbonyl (C=O) groups is 1. The fourth-order valence-electron chi connectivity index (χ4n) is 1.93. The predicted molar refractivity (Wildman–Crippen MR) is 60.8 cm³/mol. The van der Waals surface area contributed by atoms with Crippen molar-refractivity contribution in [3.05, 3.63) is 18.7 Å². The molecule has 5 nitrogen and oxygen atoms in total. The van der Waals surface area contributed by atoms with Gasteiger partial charge in [0.05, 0.1) is 6.33 Å². The lowest BCUT2D eigenvalue weighted by atomic mass is 10.1. The molecule has 5 heteroatoms. The molecule has 1 aromatic heterocycles. The third-order valence-electron chi connectivity index (χ3n) is 3.02. The maximum atomic E-state index is 11.7. The lowest BCUT2D eigenvalue weighted by Crippen LogP contribution is -2.39. The fourth-order valence-corrected chi connectivity index (χ4v) is 1.93. The van der Waals surface area contributed by atoms with Gasteiger partial charge in [0.1, 0.15) is 0 Å². The lowest BCUT2D eigenvalue weighted by Gasteiger charge is -2.16. The van der Waals surface area contributed by atoms with Gasteiger partial charge in [0.25, 0.3) is 0 Å². The molecule has 0 spiro atoms. The summed E-state index contributed by atoms with van der Waals surface area (Å²) in [6.07, 6.45) is 5.83. The summed E-state index contributed by atoms with van der Waals surface area (Å²) in [5.41, 5.74) is 0. The summed E-state index contributed by atoms with van der Waals surface area (Å²) in [6, 6.07) is 0.287. The van der Waals surface area contributed by atoms with Crippen LogP contribution in [-0.4, -0.2) is 34.6 Å². The summed E-state index contributed by atoms with van der Waals surface area (Å²) in [6.45, 7) is 4.73.